The van der Waals surface area contributed by atoms with Gasteiger partial charge in [0, 0.05) is 0 Å². The number of carbonyl (C=O) groups excluding carboxylic acids is 1. The molecule has 1 aromatic carbocycles. The first-order valence-corrected chi connectivity index (χ1v) is 5.87. The van der Waals surface area contributed by atoms with Gasteiger partial charge in [-0.05, 0) is 49.5 Å². The summed E-state index contributed by atoms with van der Waals surface area (Å²) in [5, 5.41) is 0. The van der Waals surface area contributed by atoms with Crippen molar-refractivity contribution in [3.63, 3.8) is 0 Å². The number of hydrogen-bond donors (Lipinski definition) is 0. The average molecular weight is 236 g/mol. The molecule has 0 fully saturated rings. The SMILES string of the molecule is O=C(C1=CCCCCC1)c1cc(F)ccc1F. The van der Waals surface area contributed by atoms with Crippen molar-refractivity contribution in [2.24, 2.45) is 0 Å². The van der Waals surface area contributed by atoms with Crippen molar-refractivity contribution >= 4 is 5.78 Å². The van der Waals surface area contributed by atoms with Crippen molar-refractivity contribution in [3.05, 3.63) is 47.0 Å². The molecule has 0 spiro atoms. The third-order valence-electron chi connectivity index (χ3n) is 3.01. The predicted octanol–water partition coefficient (Wildman–Crippen LogP) is 4.04. The van der Waals surface area contributed by atoms with Crippen LogP contribution in [-0.4, -0.2) is 5.78 Å². The van der Waals surface area contributed by atoms with Gasteiger partial charge in [0.05, 0.1) is 5.56 Å². The van der Waals surface area contributed by atoms with E-state index in [1.165, 1.54) is 0 Å². The number of hydrogen-bond acceptors (Lipinski definition) is 1. The molecule has 0 N–H and O–H groups in total. The number of Topliss-reactive ketones (excluding diaryl/α,β-unsaturated/α-hetero) is 1. The van der Waals surface area contributed by atoms with Crippen LogP contribution in [0.4, 0.5) is 8.78 Å². The van der Waals surface area contributed by atoms with E-state index >= 15 is 0 Å². The van der Waals surface area contributed by atoms with Gasteiger partial charge in [-0.3, -0.25) is 4.79 Å². The largest absolute Gasteiger partial charge is 0.289 e. The quantitative estimate of drug-likeness (QED) is 0.708. The summed E-state index contributed by atoms with van der Waals surface area (Å²) in [6.07, 6.45) is 6.45. The van der Waals surface area contributed by atoms with Crippen LogP contribution in [0.5, 0.6) is 0 Å². The normalized spacial score (nSPS) is 16.2. The fourth-order valence-corrected chi connectivity index (χ4v) is 2.07. The van der Waals surface area contributed by atoms with Crippen molar-refractivity contribution in [1.82, 2.24) is 0 Å². The predicted molar refractivity (Wildman–Crippen MR) is 61.9 cm³/mol. The topological polar surface area (TPSA) is 17.1 Å². The Hall–Kier alpha value is -1.51. The molecule has 1 aliphatic carbocycles. The van der Waals surface area contributed by atoms with Gasteiger partial charge in [0.1, 0.15) is 11.6 Å². The molecule has 1 aliphatic rings. The molecule has 0 aromatic heterocycles. The van der Waals surface area contributed by atoms with Gasteiger partial charge in [0.15, 0.2) is 5.78 Å². The van der Waals surface area contributed by atoms with Gasteiger partial charge in [-0.2, -0.15) is 0 Å². The molecule has 0 bridgehead atoms. The van der Waals surface area contributed by atoms with Crippen LogP contribution >= 0.6 is 0 Å². The van der Waals surface area contributed by atoms with Crippen LogP contribution in [0, 0.1) is 11.6 Å². The monoisotopic (exact) mass is 236 g/mol. The summed E-state index contributed by atoms with van der Waals surface area (Å²) in [5.41, 5.74) is 0.463. The minimum Gasteiger partial charge on any atom is -0.289 e. The first kappa shape index (κ1) is 12.0. The Morgan fingerprint density at radius 1 is 1.12 bits per heavy atom. The van der Waals surface area contributed by atoms with E-state index in [0.717, 1.165) is 43.9 Å². The summed E-state index contributed by atoms with van der Waals surface area (Å²) in [4.78, 5) is 12.1. The number of rotatable bonds is 2. The van der Waals surface area contributed by atoms with E-state index in [2.05, 4.69) is 0 Å². The van der Waals surface area contributed by atoms with Gasteiger partial charge in [0.2, 0.25) is 0 Å². The van der Waals surface area contributed by atoms with E-state index in [4.69, 9.17) is 0 Å². The lowest BCUT2D eigenvalue weighted by molar-refractivity contribution is 0.102. The van der Waals surface area contributed by atoms with Gasteiger partial charge in [-0.1, -0.05) is 12.5 Å². The number of ketones is 1. The van der Waals surface area contributed by atoms with Crippen LogP contribution in [0.15, 0.2) is 29.8 Å². The van der Waals surface area contributed by atoms with Crippen molar-refractivity contribution in [2.45, 2.75) is 32.1 Å². The fourth-order valence-electron chi connectivity index (χ4n) is 2.07. The van der Waals surface area contributed by atoms with Crippen LogP contribution in [0.1, 0.15) is 42.5 Å². The lowest BCUT2D eigenvalue weighted by atomic mass is 9.99. The maximum Gasteiger partial charge on any atom is 0.191 e. The lowest BCUT2D eigenvalue weighted by Crippen LogP contribution is -2.06. The molecule has 3 heteroatoms. The van der Waals surface area contributed by atoms with Gasteiger partial charge >= 0.3 is 0 Å². The second-order valence-electron chi connectivity index (χ2n) is 4.28. The highest BCUT2D eigenvalue weighted by molar-refractivity contribution is 6.08. The van der Waals surface area contributed by atoms with Crippen LogP contribution in [0.3, 0.4) is 0 Å². The Bertz CT molecular complexity index is 463. The Labute approximate surface area is 99.1 Å². The van der Waals surface area contributed by atoms with Crippen molar-refractivity contribution in [3.8, 4) is 0 Å². The minimum atomic E-state index is -0.651. The number of halogens is 2. The van der Waals surface area contributed by atoms with E-state index in [1.54, 1.807) is 0 Å². The number of carbonyl (C=O) groups is 1. The van der Waals surface area contributed by atoms with E-state index in [-0.39, 0.29) is 11.3 Å². The summed E-state index contributed by atoms with van der Waals surface area (Å²) in [5.74, 6) is -1.60. The molecule has 0 amide bonds. The maximum absolute atomic E-state index is 13.5. The minimum absolute atomic E-state index is 0.154. The third kappa shape index (κ3) is 2.78. The highest BCUT2D eigenvalue weighted by Gasteiger charge is 2.17. The smallest absolute Gasteiger partial charge is 0.191 e. The molecule has 0 unspecified atom stereocenters. The summed E-state index contributed by atoms with van der Waals surface area (Å²) in [6.45, 7) is 0. The van der Waals surface area contributed by atoms with Gasteiger partial charge in [0.25, 0.3) is 0 Å². The Morgan fingerprint density at radius 3 is 2.76 bits per heavy atom. The Balaban J connectivity index is 2.29. The van der Waals surface area contributed by atoms with Crippen LogP contribution in [0.25, 0.3) is 0 Å². The van der Waals surface area contributed by atoms with Crippen molar-refractivity contribution in [1.29, 1.82) is 0 Å². The van der Waals surface area contributed by atoms with Crippen LogP contribution in [0.2, 0.25) is 0 Å². The number of allylic oxidation sites excluding steroid dienone is 2. The zero-order valence-corrected chi connectivity index (χ0v) is 9.51. The molecule has 0 radical (unpaired) electrons. The van der Waals surface area contributed by atoms with E-state index in [9.17, 15) is 13.6 Å². The summed E-state index contributed by atoms with van der Waals surface area (Å²) in [7, 11) is 0. The van der Waals surface area contributed by atoms with Gasteiger partial charge in [-0.15, -0.1) is 0 Å². The molecule has 0 heterocycles. The summed E-state index contributed by atoms with van der Waals surface area (Å²) < 4.78 is 26.5. The van der Waals surface area contributed by atoms with E-state index in [1.807, 2.05) is 6.08 Å². The zero-order chi connectivity index (χ0) is 12.3. The first-order chi connectivity index (χ1) is 8.18. The second-order valence-corrected chi connectivity index (χ2v) is 4.28. The molecule has 1 nitrogen and oxygen atoms in total. The van der Waals surface area contributed by atoms with Crippen LogP contribution in [-0.2, 0) is 0 Å². The second kappa shape index (κ2) is 5.21. The summed E-state index contributed by atoms with van der Waals surface area (Å²) >= 11 is 0. The molecule has 0 aliphatic heterocycles. The zero-order valence-electron chi connectivity index (χ0n) is 9.51. The molecule has 90 valence electrons. The highest BCUT2D eigenvalue weighted by atomic mass is 19.1. The standard InChI is InChI=1S/C14H14F2O/c15-11-7-8-13(16)12(9-11)14(17)10-5-3-1-2-4-6-10/h5,7-9H,1-4,6H2. The lowest BCUT2D eigenvalue weighted by Gasteiger charge is -2.05. The fraction of sp³-hybridized carbons (Fsp3) is 0.357. The average Bonchev–Trinajstić information content (AvgIpc) is 2.60. The molecule has 0 saturated heterocycles. The Kier molecular flexibility index (Phi) is 3.67. The molecule has 1 aromatic rings. The summed E-state index contributed by atoms with van der Waals surface area (Å²) in [6, 6.07) is 3.00. The van der Waals surface area contributed by atoms with Crippen molar-refractivity contribution in [2.75, 3.05) is 0 Å². The highest BCUT2D eigenvalue weighted by Crippen LogP contribution is 2.22. The van der Waals surface area contributed by atoms with Gasteiger partial charge < -0.3 is 0 Å². The van der Waals surface area contributed by atoms with E-state index in [0.29, 0.717) is 12.0 Å². The molecule has 17 heavy (non-hydrogen) atoms. The first-order valence-electron chi connectivity index (χ1n) is 5.87. The third-order valence-corrected chi connectivity index (χ3v) is 3.01. The molecule has 0 atom stereocenters. The Morgan fingerprint density at radius 2 is 1.94 bits per heavy atom. The molecule has 0 saturated carbocycles. The molecular weight excluding hydrogens is 222 g/mol. The van der Waals surface area contributed by atoms with Crippen LogP contribution < -0.4 is 0 Å². The van der Waals surface area contributed by atoms with Gasteiger partial charge in [-0.25, -0.2) is 8.78 Å². The molecular formula is C14H14F2O. The van der Waals surface area contributed by atoms with E-state index < -0.39 is 11.6 Å². The number of benzene rings is 1. The molecule has 2 rings (SSSR count). The maximum atomic E-state index is 13.5. The van der Waals surface area contributed by atoms with Crippen molar-refractivity contribution < 1.29 is 13.6 Å².